The van der Waals surface area contributed by atoms with E-state index in [-0.39, 0.29) is 12.5 Å². The third kappa shape index (κ3) is 3.40. The Morgan fingerprint density at radius 3 is 2.39 bits per heavy atom. The Morgan fingerprint density at radius 2 is 1.87 bits per heavy atom. The predicted octanol–water partition coefficient (Wildman–Crippen LogP) is 2.51. The van der Waals surface area contributed by atoms with Crippen LogP contribution in [-0.4, -0.2) is 23.0 Å². The fourth-order valence-electron chi connectivity index (χ4n) is 2.52. The van der Waals surface area contributed by atoms with E-state index in [1.54, 1.807) is 13.8 Å². The number of halogens is 4. The Bertz CT molecular complexity index is 674. The van der Waals surface area contributed by atoms with Gasteiger partial charge in [-0.1, -0.05) is 0 Å². The van der Waals surface area contributed by atoms with Crippen LogP contribution in [0.4, 0.5) is 17.6 Å². The van der Waals surface area contributed by atoms with E-state index < -0.39 is 52.1 Å². The van der Waals surface area contributed by atoms with E-state index in [9.17, 15) is 31.9 Å². The minimum Gasteiger partial charge on any atom is -0.350 e. The summed E-state index contributed by atoms with van der Waals surface area (Å²) in [5.74, 6) is -6.02. The summed E-state index contributed by atoms with van der Waals surface area (Å²) in [6, 6.07) is 1.49. The molecule has 1 saturated heterocycles. The average Bonchev–Trinajstić information content (AvgIpc) is 2.34. The maximum absolute atomic E-state index is 13.1. The number of hydrogen-bond donors (Lipinski definition) is 1. The van der Waals surface area contributed by atoms with Crippen LogP contribution in [0.5, 0.6) is 0 Å². The van der Waals surface area contributed by atoms with Gasteiger partial charge in [-0.25, -0.2) is 4.39 Å². The summed E-state index contributed by atoms with van der Waals surface area (Å²) >= 11 is 0. The van der Waals surface area contributed by atoms with Gasteiger partial charge in [0.25, 0.3) is 0 Å². The van der Waals surface area contributed by atoms with Crippen molar-refractivity contribution in [3.8, 4) is 0 Å². The van der Waals surface area contributed by atoms with Crippen molar-refractivity contribution < 1.29 is 31.9 Å². The largest absolute Gasteiger partial charge is 0.417 e. The van der Waals surface area contributed by atoms with Gasteiger partial charge < -0.3 is 5.32 Å². The summed E-state index contributed by atoms with van der Waals surface area (Å²) in [6.07, 6.45) is -5.17. The zero-order chi connectivity index (χ0) is 17.6. The molecule has 1 unspecified atom stereocenters. The maximum atomic E-state index is 13.1. The minimum absolute atomic E-state index is 0.169. The average molecular weight is 331 g/mol. The lowest BCUT2D eigenvalue weighted by molar-refractivity contribution is -0.140. The second-order valence-electron chi connectivity index (χ2n) is 6.00. The third-order valence-corrected chi connectivity index (χ3v) is 3.48. The van der Waals surface area contributed by atoms with Crippen molar-refractivity contribution in [2.45, 2.75) is 32.0 Å². The predicted molar refractivity (Wildman–Crippen MR) is 71.1 cm³/mol. The molecule has 1 aromatic rings. The summed E-state index contributed by atoms with van der Waals surface area (Å²) in [5, 5.41) is 2.42. The van der Waals surface area contributed by atoms with Crippen molar-refractivity contribution in [3.05, 3.63) is 35.1 Å². The highest BCUT2D eigenvalue weighted by atomic mass is 19.4. The van der Waals surface area contributed by atoms with Crippen LogP contribution in [-0.2, 0) is 15.8 Å². The van der Waals surface area contributed by atoms with E-state index in [1.807, 2.05) is 0 Å². The van der Waals surface area contributed by atoms with Crippen molar-refractivity contribution in [3.63, 3.8) is 0 Å². The molecule has 23 heavy (non-hydrogen) atoms. The first-order valence-electron chi connectivity index (χ1n) is 6.68. The lowest BCUT2D eigenvalue weighted by Crippen LogP contribution is -2.56. The molecule has 1 fully saturated rings. The van der Waals surface area contributed by atoms with Crippen LogP contribution in [0.25, 0.3) is 0 Å². The Labute approximate surface area is 128 Å². The highest BCUT2D eigenvalue weighted by molar-refractivity contribution is 6.25. The van der Waals surface area contributed by atoms with Gasteiger partial charge in [-0.15, -0.1) is 0 Å². The fraction of sp³-hybridized carbons (Fsp3) is 0.400. The number of ketones is 2. The number of nitrogens with one attached hydrogen (secondary N) is 1. The summed E-state index contributed by atoms with van der Waals surface area (Å²) < 4.78 is 52.0. The molecule has 0 bridgehead atoms. The van der Waals surface area contributed by atoms with Crippen LogP contribution < -0.4 is 5.32 Å². The molecule has 1 aliphatic heterocycles. The molecule has 1 N–H and O–H groups in total. The molecule has 4 nitrogen and oxygen atoms in total. The van der Waals surface area contributed by atoms with Gasteiger partial charge in [0.2, 0.25) is 5.91 Å². The third-order valence-electron chi connectivity index (χ3n) is 3.48. The van der Waals surface area contributed by atoms with Crippen LogP contribution in [0.2, 0.25) is 0 Å². The Kier molecular flexibility index (Phi) is 4.04. The molecule has 8 heteroatoms. The maximum Gasteiger partial charge on any atom is 0.417 e. The van der Waals surface area contributed by atoms with E-state index >= 15 is 0 Å². The highest BCUT2D eigenvalue weighted by Crippen LogP contribution is 2.34. The quantitative estimate of drug-likeness (QED) is 0.514. The van der Waals surface area contributed by atoms with Crippen LogP contribution in [0.1, 0.15) is 36.2 Å². The molecular formula is C15H13F4NO3. The summed E-state index contributed by atoms with van der Waals surface area (Å²) in [6.45, 7) is 3.12. The molecule has 1 atom stereocenters. The highest BCUT2D eigenvalue weighted by Gasteiger charge is 2.45. The minimum atomic E-state index is -4.99. The van der Waals surface area contributed by atoms with Gasteiger partial charge in [0.1, 0.15) is 5.82 Å². The van der Waals surface area contributed by atoms with E-state index in [0.29, 0.717) is 12.1 Å². The van der Waals surface area contributed by atoms with Crippen molar-refractivity contribution in [2.75, 3.05) is 0 Å². The first kappa shape index (κ1) is 17.1. The summed E-state index contributed by atoms with van der Waals surface area (Å²) in [5.41, 5.74) is -3.28. The lowest BCUT2D eigenvalue weighted by Gasteiger charge is -2.33. The smallest absolute Gasteiger partial charge is 0.350 e. The van der Waals surface area contributed by atoms with Gasteiger partial charge in [0.05, 0.1) is 5.56 Å². The molecule has 0 aromatic heterocycles. The number of benzene rings is 1. The topological polar surface area (TPSA) is 63.2 Å². The zero-order valence-corrected chi connectivity index (χ0v) is 12.3. The summed E-state index contributed by atoms with van der Waals surface area (Å²) in [4.78, 5) is 36.3. The van der Waals surface area contributed by atoms with Crippen LogP contribution in [0.3, 0.4) is 0 Å². The summed E-state index contributed by atoms with van der Waals surface area (Å²) in [7, 11) is 0. The number of carbonyl (C=O) groups is 3. The molecule has 0 radical (unpaired) electrons. The molecule has 1 aromatic carbocycles. The van der Waals surface area contributed by atoms with Crippen LogP contribution in [0, 0.1) is 11.7 Å². The normalized spacial score (nSPS) is 21.0. The number of hydrogen-bond acceptors (Lipinski definition) is 3. The number of piperidine rings is 1. The first-order valence-corrected chi connectivity index (χ1v) is 6.68. The molecule has 0 aliphatic carbocycles. The van der Waals surface area contributed by atoms with E-state index in [4.69, 9.17) is 0 Å². The van der Waals surface area contributed by atoms with Gasteiger partial charge >= 0.3 is 6.18 Å². The Hall–Kier alpha value is -2.25. The monoisotopic (exact) mass is 331 g/mol. The van der Waals surface area contributed by atoms with E-state index in [2.05, 4.69) is 5.32 Å². The Morgan fingerprint density at radius 1 is 1.26 bits per heavy atom. The number of rotatable bonds is 2. The molecule has 1 heterocycles. The first-order chi connectivity index (χ1) is 10.4. The fourth-order valence-corrected chi connectivity index (χ4v) is 2.52. The van der Waals surface area contributed by atoms with Gasteiger partial charge in [0, 0.05) is 17.5 Å². The standard InChI is InChI=1S/C15H13F4NO3/c1-14(2)6-10(21)11(13(23)20-14)12(22)8-4-3-7(16)5-9(8)15(17,18)19/h3-5,11H,6H2,1-2H3,(H,20,23). The number of amides is 1. The SMILES string of the molecule is CC1(C)CC(=O)C(C(=O)c2ccc(F)cc2C(F)(F)F)C(=O)N1. The molecule has 0 saturated carbocycles. The van der Waals surface area contributed by atoms with Crippen LogP contribution in [0.15, 0.2) is 18.2 Å². The molecule has 0 spiro atoms. The number of alkyl halides is 3. The van der Waals surface area contributed by atoms with Crippen LogP contribution >= 0.6 is 0 Å². The van der Waals surface area contributed by atoms with Crippen molar-refractivity contribution in [1.29, 1.82) is 0 Å². The molecule has 1 aliphatic rings. The molecule has 124 valence electrons. The molecular weight excluding hydrogens is 318 g/mol. The van der Waals surface area contributed by atoms with Gasteiger partial charge in [0.15, 0.2) is 17.5 Å². The van der Waals surface area contributed by atoms with E-state index in [1.165, 1.54) is 0 Å². The van der Waals surface area contributed by atoms with Crippen molar-refractivity contribution in [2.24, 2.45) is 5.92 Å². The van der Waals surface area contributed by atoms with Gasteiger partial charge in [-0.05, 0) is 32.0 Å². The zero-order valence-electron chi connectivity index (χ0n) is 12.3. The number of carbonyl (C=O) groups excluding carboxylic acids is 3. The van der Waals surface area contributed by atoms with Gasteiger partial charge in [-0.3, -0.25) is 14.4 Å². The second-order valence-corrected chi connectivity index (χ2v) is 6.00. The number of Topliss-reactive ketones (excluding diaryl/α,β-unsaturated/α-hetero) is 2. The Balaban J connectivity index is 2.46. The molecule has 1 amide bonds. The van der Waals surface area contributed by atoms with Gasteiger partial charge in [-0.2, -0.15) is 13.2 Å². The second kappa shape index (κ2) is 5.43. The molecule has 2 rings (SSSR count). The van der Waals surface area contributed by atoms with E-state index in [0.717, 1.165) is 0 Å². The lowest BCUT2D eigenvalue weighted by atomic mass is 9.81. The van der Waals surface area contributed by atoms with Crippen molar-refractivity contribution >= 4 is 17.5 Å². The van der Waals surface area contributed by atoms with Crippen molar-refractivity contribution in [1.82, 2.24) is 5.32 Å².